The number of carbonyl (C=O) groups is 1. The summed E-state index contributed by atoms with van der Waals surface area (Å²) < 4.78 is 4.97. The van der Waals surface area contributed by atoms with Crippen molar-refractivity contribution in [2.75, 3.05) is 13.2 Å². The Kier molecular flexibility index (Phi) is 7.31. The van der Waals surface area contributed by atoms with Crippen LogP contribution in [0.5, 0.6) is 0 Å². The minimum absolute atomic E-state index is 0.138. The molecular weight excluding hydrogens is 304 g/mol. The van der Waals surface area contributed by atoms with Crippen molar-refractivity contribution in [1.29, 1.82) is 0 Å². The normalized spacial score (nSPS) is 22.3. The first-order chi connectivity index (χ1) is 11.6. The summed E-state index contributed by atoms with van der Waals surface area (Å²) in [6.07, 6.45) is 9.30. The Morgan fingerprint density at radius 3 is 2.75 bits per heavy atom. The molecule has 0 aromatic heterocycles. The van der Waals surface area contributed by atoms with Crippen molar-refractivity contribution in [3.05, 3.63) is 23.4 Å². The van der Waals surface area contributed by atoms with E-state index in [4.69, 9.17) is 9.73 Å². The second kappa shape index (κ2) is 9.47. The van der Waals surface area contributed by atoms with Gasteiger partial charge in [0.15, 0.2) is 6.29 Å². The average molecular weight is 334 g/mol. The number of hydrogen-bond donors (Lipinski definition) is 3. The molecule has 3 N–H and O–H groups in total. The topological polar surface area (TPSA) is 74.8 Å². The van der Waals surface area contributed by atoms with Crippen LogP contribution in [-0.2, 0) is 9.53 Å². The Labute approximate surface area is 144 Å². The summed E-state index contributed by atoms with van der Waals surface area (Å²) in [5, 5.41) is 10.2. The molecule has 1 unspecified atom stereocenters. The van der Waals surface area contributed by atoms with Crippen LogP contribution in [0, 0.1) is 0 Å². The highest BCUT2D eigenvalue weighted by Gasteiger charge is 2.22. The van der Waals surface area contributed by atoms with Crippen LogP contribution >= 0.6 is 0 Å². The predicted molar refractivity (Wildman–Crippen MR) is 96.5 cm³/mol. The summed E-state index contributed by atoms with van der Waals surface area (Å²) in [6.45, 7) is 7.08. The van der Waals surface area contributed by atoms with Crippen molar-refractivity contribution in [3.8, 4) is 0 Å². The lowest BCUT2D eigenvalue weighted by atomic mass is 9.95. The van der Waals surface area contributed by atoms with Crippen LogP contribution in [0.2, 0.25) is 0 Å². The van der Waals surface area contributed by atoms with Gasteiger partial charge in [0.05, 0.1) is 6.61 Å². The van der Waals surface area contributed by atoms with Crippen LogP contribution in [0.25, 0.3) is 0 Å². The van der Waals surface area contributed by atoms with Gasteiger partial charge in [-0.1, -0.05) is 26.2 Å². The summed E-state index contributed by atoms with van der Waals surface area (Å²) in [6, 6.07) is 0.455. The molecule has 0 bridgehead atoms. The van der Waals surface area contributed by atoms with Gasteiger partial charge >= 0.3 is 5.97 Å². The quantitative estimate of drug-likeness (QED) is 0.513. The smallest absolute Gasteiger partial charge is 0.330 e. The number of rotatable bonds is 6. The number of esters is 1. The fraction of sp³-hybridized carbons (Fsp3) is 0.667. The summed E-state index contributed by atoms with van der Waals surface area (Å²) in [7, 11) is 0. The standard InChI is InChI=1S/C18H30N4O2/c1-4-19-18-20-13(3)15(11-12-16(23)24-5-2)17(22-18)21-14-9-7-6-8-10-14/h11-12,14,18-20H,4-10H2,1-3H3,(H,21,22)/b12-11+. The zero-order chi connectivity index (χ0) is 17.4. The van der Waals surface area contributed by atoms with Crippen molar-refractivity contribution in [1.82, 2.24) is 16.0 Å². The maximum atomic E-state index is 11.6. The molecule has 0 aromatic rings. The number of allylic oxidation sites excluding steroid dienone is 1. The van der Waals surface area contributed by atoms with E-state index in [1.807, 2.05) is 6.92 Å². The summed E-state index contributed by atoms with van der Waals surface area (Å²) >= 11 is 0. The second-order valence-corrected chi connectivity index (χ2v) is 6.19. The number of ether oxygens (including phenoxy) is 1. The van der Waals surface area contributed by atoms with Crippen molar-refractivity contribution >= 4 is 11.8 Å². The third kappa shape index (κ3) is 5.37. The van der Waals surface area contributed by atoms with E-state index in [9.17, 15) is 4.79 Å². The molecule has 1 heterocycles. The van der Waals surface area contributed by atoms with E-state index in [0.717, 1.165) is 23.7 Å². The average Bonchev–Trinajstić information content (AvgIpc) is 2.55. The maximum Gasteiger partial charge on any atom is 0.330 e. The molecule has 1 fully saturated rings. The molecule has 6 nitrogen and oxygen atoms in total. The van der Waals surface area contributed by atoms with Crippen molar-refractivity contribution < 1.29 is 9.53 Å². The van der Waals surface area contributed by atoms with Gasteiger partial charge in [-0.2, -0.15) is 0 Å². The number of aliphatic imine (C=N–C) groups is 1. The number of amidine groups is 1. The molecule has 1 saturated carbocycles. The Bertz CT molecular complexity index is 519. The van der Waals surface area contributed by atoms with Crippen LogP contribution in [0.15, 0.2) is 28.4 Å². The molecule has 134 valence electrons. The molecule has 2 rings (SSSR count). The van der Waals surface area contributed by atoms with Gasteiger partial charge in [-0.3, -0.25) is 5.32 Å². The van der Waals surface area contributed by atoms with Gasteiger partial charge in [0.1, 0.15) is 5.84 Å². The van der Waals surface area contributed by atoms with Crippen molar-refractivity contribution in [2.24, 2.45) is 4.99 Å². The van der Waals surface area contributed by atoms with Gasteiger partial charge in [0, 0.05) is 23.4 Å². The summed E-state index contributed by atoms with van der Waals surface area (Å²) in [5.74, 6) is 0.522. The van der Waals surface area contributed by atoms with E-state index in [2.05, 4.69) is 22.9 Å². The Hall–Kier alpha value is -1.82. The lowest BCUT2D eigenvalue weighted by molar-refractivity contribution is -0.137. The SMILES string of the molecule is CCNC1N=C(NC2CCCCC2)C(/C=C/C(=O)OCC)=C(C)N1. The van der Waals surface area contributed by atoms with E-state index >= 15 is 0 Å². The molecule has 0 aromatic carbocycles. The molecule has 1 aliphatic heterocycles. The minimum atomic E-state index is -0.330. The van der Waals surface area contributed by atoms with E-state index in [1.54, 1.807) is 13.0 Å². The van der Waals surface area contributed by atoms with E-state index in [0.29, 0.717) is 12.6 Å². The van der Waals surface area contributed by atoms with Gasteiger partial charge in [-0.25, -0.2) is 9.79 Å². The highest BCUT2D eigenvalue weighted by molar-refractivity contribution is 6.03. The molecule has 24 heavy (non-hydrogen) atoms. The number of hydrogen-bond acceptors (Lipinski definition) is 6. The van der Waals surface area contributed by atoms with Gasteiger partial charge < -0.3 is 15.4 Å². The van der Waals surface area contributed by atoms with E-state index in [1.165, 1.54) is 38.2 Å². The zero-order valence-electron chi connectivity index (χ0n) is 15.0. The fourth-order valence-corrected chi connectivity index (χ4v) is 3.08. The Balaban J connectivity index is 2.15. The highest BCUT2D eigenvalue weighted by Crippen LogP contribution is 2.20. The molecule has 0 amide bonds. The molecule has 0 spiro atoms. The largest absolute Gasteiger partial charge is 0.463 e. The lowest BCUT2D eigenvalue weighted by Gasteiger charge is -2.30. The van der Waals surface area contributed by atoms with E-state index in [-0.39, 0.29) is 12.3 Å². The van der Waals surface area contributed by atoms with Crippen LogP contribution in [0.3, 0.4) is 0 Å². The second-order valence-electron chi connectivity index (χ2n) is 6.19. The first-order valence-corrected chi connectivity index (χ1v) is 9.04. The van der Waals surface area contributed by atoms with Crippen LogP contribution < -0.4 is 16.0 Å². The Morgan fingerprint density at radius 1 is 1.33 bits per heavy atom. The zero-order valence-corrected chi connectivity index (χ0v) is 15.0. The molecule has 1 aliphatic carbocycles. The minimum Gasteiger partial charge on any atom is -0.463 e. The Morgan fingerprint density at radius 2 is 2.08 bits per heavy atom. The molecule has 0 saturated heterocycles. The monoisotopic (exact) mass is 334 g/mol. The van der Waals surface area contributed by atoms with Gasteiger partial charge in [-0.15, -0.1) is 0 Å². The highest BCUT2D eigenvalue weighted by atomic mass is 16.5. The third-order valence-corrected chi connectivity index (χ3v) is 4.29. The summed E-state index contributed by atoms with van der Waals surface area (Å²) in [5.41, 5.74) is 1.91. The molecule has 1 atom stereocenters. The number of nitrogens with zero attached hydrogens (tertiary/aromatic N) is 1. The molecular formula is C18H30N4O2. The molecule has 6 heteroatoms. The summed E-state index contributed by atoms with van der Waals surface area (Å²) in [4.78, 5) is 16.4. The molecule has 0 radical (unpaired) electrons. The van der Waals surface area contributed by atoms with Gasteiger partial charge in [-0.05, 0) is 39.3 Å². The van der Waals surface area contributed by atoms with Crippen molar-refractivity contribution in [3.63, 3.8) is 0 Å². The third-order valence-electron chi connectivity index (χ3n) is 4.29. The van der Waals surface area contributed by atoms with Crippen LogP contribution in [-0.4, -0.2) is 37.3 Å². The first kappa shape index (κ1) is 18.5. The maximum absolute atomic E-state index is 11.6. The van der Waals surface area contributed by atoms with Crippen LogP contribution in [0.4, 0.5) is 0 Å². The number of carbonyl (C=O) groups excluding carboxylic acids is 1. The predicted octanol–water partition coefficient (Wildman–Crippen LogP) is 2.20. The van der Waals surface area contributed by atoms with Crippen molar-refractivity contribution in [2.45, 2.75) is 65.2 Å². The van der Waals surface area contributed by atoms with Gasteiger partial charge in [0.25, 0.3) is 0 Å². The van der Waals surface area contributed by atoms with E-state index < -0.39 is 0 Å². The number of nitrogens with one attached hydrogen (secondary N) is 3. The molecule has 2 aliphatic rings. The first-order valence-electron chi connectivity index (χ1n) is 9.04. The lowest BCUT2D eigenvalue weighted by Crippen LogP contribution is -2.48. The van der Waals surface area contributed by atoms with Gasteiger partial charge in [0.2, 0.25) is 0 Å². The van der Waals surface area contributed by atoms with Crippen LogP contribution in [0.1, 0.15) is 52.9 Å². The fourth-order valence-electron chi connectivity index (χ4n) is 3.08.